The largest absolute Gasteiger partial charge is 0.476 e. The van der Waals surface area contributed by atoms with Gasteiger partial charge in [-0.2, -0.15) is 0 Å². The third-order valence-corrected chi connectivity index (χ3v) is 2.58. The number of pyridine rings is 1. The number of benzene rings is 1. The third kappa shape index (κ3) is 3.07. The van der Waals surface area contributed by atoms with Crippen LogP contribution in [0.4, 0.5) is 5.69 Å². The van der Waals surface area contributed by atoms with Gasteiger partial charge in [0.05, 0.1) is 5.69 Å². The molecule has 0 amide bonds. The van der Waals surface area contributed by atoms with Crippen molar-refractivity contribution in [3.05, 3.63) is 59.9 Å². The van der Waals surface area contributed by atoms with Crippen molar-refractivity contribution in [3.8, 4) is 0 Å². The van der Waals surface area contributed by atoms with E-state index in [2.05, 4.69) is 10.3 Å². The summed E-state index contributed by atoms with van der Waals surface area (Å²) in [5.74, 6) is -1.02. The zero-order valence-corrected chi connectivity index (χ0v) is 9.84. The maximum absolute atomic E-state index is 11.0. The smallest absolute Gasteiger partial charge is 0.356 e. The van der Waals surface area contributed by atoms with E-state index in [1.165, 1.54) is 11.8 Å². The molecule has 4 heteroatoms. The van der Waals surface area contributed by atoms with Crippen molar-refractivity contribution in [1.29, 1.82) is 0 Å². The summed E-state index contributed by atoms with van der Waals surface area (Å²) in [7, 11) is 0. The predicted molar refractivity (Wildman–Crippen MR) is 69.8 cm³/mol. The molecule has 2 rings (SSSR count). The minimum absolute atomic E-state index is 0.0607. The van der Waals surface area contributed by atoms with E-state index >= 15 is 0 Å². The quantitative estimate of drug-likeness (QED) is 0.845. The molecule has 0 spiro atoms. The van der Waals surface area contributed by atoms with E-state index in [1.807, 2.05) is 30.3 Å². The number of nitrogens with zero attached hydrogens (tertiary/aromatic N) is 1. The van der Waals surface area contributed by atoms with Crippen LogP contribution in [0, 0.1) is 0 Å². The molecular formula is C14H14N2O2. The van der Waals surface area contributed by atoms with Gasteiger partial charge in [-0.25, -0.2) is 9.78 Å². The Bertz CT molecular complexity index is 526. The van der Waals surface area contributed by atoms with Crippen LogP contribution in [0.1, 0.15) is 16.1 Å². The number of rotatable bonds is 5. The monoisotopic (exact) mass is 242 g/mol. The molecular weight excluding hydrogens is 228 g/mol. The van der Waals surface area contributed by atoms with E-state index in [0.29, 0.717) is 12.2 Å². The van der Waals surface area contributed by atoms with E-state index < -0.39 is 5.97 Å². The van der Waals surface area contributed by atoms with Crippen LogP contribution < -0.4 is 5.32 Å². The molecule has 2 aromatic rings. The lowest BCUT2D eigenvalue weighted by Gasteiger charge is -2.08. The summed E-state index contributed by atoms with van der Waals surface area (Å²) in [6.45, 7) is 0.677. The highest BCUT2D eigenvalue weighted by atomic mass is 16.4. The number of carboxylic acids is 1. The average Bonchev–Trinajstić information content (AvgIpc) is 2.40. The fraction of sp³-hybridized carbons (Fsp3) is 0.143. The van der Waals surface area contributed by atoms with Crippen molar-refractivity contribution in [2.24, 2.45) is 0 Å². The summed E-state index contributed by atoms with van der Waals surface area (Å²) in [6.07, 6.45) is 2.32. The Morgan fingerprint density at radius 1 is 1.17 bits per heavy atom. The Balaban J connectivity index is 1.97. The zero-order chi connectivity index (χ0) is 12.8. The lowest BCUT2D eigenvalue weighted by molar-refractivity contribution is 0.0691. The highest BCUT2D eigenvalue weighted by Crippen LogP contribution is 2.12. The molecule has 0 aliphatic heterocycles. The van der Waals surface area contributed by atoms with Crippen molar-refractivity contribution >= 4 is 11.7 Å². The van der Waals surface area contributed by atoms with Crippen LogP contribution in [-0.4, -0.2) is 22.6 Å². The summed E-state index contributed by atoms with van der Waals surface area (Å²) >= 11 is 0. The standard InChI is InChI=1S/C14H14N2O2/c17-14(18)13-12(7-4-9-16-13)15-10-8-11-5-2-1-3-6-11/h1-7,9,15H,8,10H2,(H,17,18). The number of aromatic carboxylic acids is 1. The van der Waals surface area contributed by atoms with Gasteiger partial charge in [-0.15, -0.1) is 0 Å². The van der Waals surface area contributed by atoms with Gasteiger partial charge >= 0.3 is 5.97 Å². The molecule has 1 aromatic heterocycles. The Morgan fingerprint density at radius 3 is 2.67 bits per heavy atom. The van der Waals surface area contributed by atoms with Crippen molar-refractivity contribution in [3.63, 3.8) is 0 Å². The fourth-order valence-electron chi connectivity index (χ4n) is 1.70. The average molecular weight is 242 g/mol. The van der Waals surface area contributed by atoms with Crippen LogP contribution in [0.5, 0.6) is 0 Å². The van der Waals surface area contributed by atoms with Gasteiger partial charge in [-0.3, -0.25) is 0 Å². The minimum Gasteiger partial charge on any atom is -0.476 e. The Hall–Kier alpha value is -2.36. The molecule has 1 aromatic carbocycles. The number of carbonyl (C=O) groups is 1. The Morgan fingerprint density at radius 2 is 1.94 bits per heavy atom. The normalized spacial score (nSPS) is 10.0. The molecule has 92 valence electrons. The van der Waals surface area contributed by atoms with Crippen LogP contribution >= 0.6 is 0 Å². The van der Waals surface area contributed by atoms with Gasteiger partial charge in [0.25, 0.3) is 0 Å². The molecule has 0 saturated heterocycles. The number of aromatic nitrogens is 1. The Labute approximate surface area is 105 Å². The molecule has 4 nitrogen and oxygen atoms in total. The van der Waals surface area contributed by atoms with Gasteiger partial charge in [-0.05, 0) is 24.1 Å². The van der Waals surface area contributed by atoms with E-state index in [1.54, 1.807) is 12.1 Å². The maximum atomic E-state index is 11.0. The van der Waals surface area contributed by atoms with Crippen molar-refractivity contribution in [2.45, 2.75) is 6.42 Å². The number of carboxylic acid groups (broad SMARTS) is 1. The van der Waals surface area contributed by atoms with Crippen molar-refractivity contribution in [2.75, 3.05) is 11.9 Å². The lowest BCUT2D eigenvalue weighted by Crippen LogP contribution is -2.10. The molecule has 0 radical (unpaired) electrons. The van der Waals surface area contributed by atoms with Gasteiger partial charge in [0.1, 0.15) is 0 Å². The summed E-state index contributed by atoms with van der Waals surface area (Å²) in [5, 5.41) is 12.1. The van der Waals surface area contributed by atoms with Gasteiger partial charge < -0.3 is 10.4 Å². The first-order valence-corrected chi connectivity index (χ1v) is 5.73. The lowest BCUT2D eigenvalue weighted by atomic mass is 10.1. The summed E-state index contributed by atoms with van der Waals surface area (Å²) in [5.41, 5.74) is 1.83. The first-order valence-electron chi connectivity index (χ1n) is 5.73. The molecule has 1 heterocycles. The summed E-state index contributed by atoms with van der Waals surface area (Å²) in [4.78, 5) is 14.8. The second-order valence-electron chi connectivity index (χ2n) is 3.87. The molecule has 2 N–H and O–H groups in total. The second kappa shape index (κ2) is 5.82. The number of nitrogens with one attached hydrogen (secondary N) is 1. The minimum atomic E-state index is -1.02. The number of hydrogen-bond donors (Lipinski definition) is 2. The first-order chi connectivity index (χ1) is 8.77. The SMILES string of the molecule is O=C(O)c1ncccc1NCCc1ccccc1. The molecule has 0 aliphatic rings. The predicted octanol–water partition coefficient (Wildman–Crippen LogP) is 2.43. The second-order valence-corrected chi connectivity index (χ2v) is 3.87. The highest BCUT2D eigenvalue weighted by Gasteiger charge is 2.09. The van der Waals surface area contributed by atoms with Gasteiger partial charge in [-0.1, -0.05) is 30.3 Å². The van der Waals surface area contributed by atoms with Crippen LogP contribution in [0.25, 0.3) is 0 Å². The topological polar surface area (TPSA) is 62.2 Å². The van der Waals surface area contributed by atoms with Gasteiger partial charge in [0.15, 0.2) is 5.69 Å². The van der Waals surface area contributed by atoms with Gasteiger partial charge in [0.2, 0.25) is 0 Å². The van der Waals surface area contributed by atoms with Crippen molar-refractivity contribution < 1.29 is 9.90 Å². The number of hydrogen-bond acceptors (Lipinski definition) is 3. The zero-order valence-electron chi connectivity index (χ0n) is 9.84. The molecule has 18 heavy (non-hydrogen) atoms. The van der Waals surface area contributed by atoms with Crippen LogP contribution in [-0.2, 0) is 6.42 Å². The molecule has 0 aliphatic carbocycles. The highest BCUT2D eigenvalue weighted by molar-refractivity contribution is 5.91. The molecule has 0 atom stereocenters. The Kier molecular flexibility index (Phi) is 3.91. The summed E-state index contributed by atoms with van der Waals surface area (Å²) < 4.78 is 0. The molecule has 0 fully saturated rings. The molecule has 0 saturated carbocycles. The fourth-order valence-corrected chi connectivity index (χ4v) is 1.70. The van der Waals surface area contributed by atoms with Crippen molar-refractivity contribution in [1.82, 2.24) is 4.98 Å². The first kappa shape index (κ1) is 12.1. The van der Waals surface area contributed by atoms with Crippen LogP contribution in [0.15, 0.2) is 48.7 Å². The third-order valence-electron chi connectivity index (χ3n) is 2.58. The number of anilines is 1. The van der Waals surface area contributed by atoms with E-state index in [-0.39, 0.29) is 5.69 Å². The van der Waals surface area contributed by atoms with Gasteiger partial charge in [0, 0.05) is 12.7 Å². The van der Waals surface area contributed by atoms with Crippen LogP contribution in [0.2, 0.25) is 0 Å². The van der Waals surface area contributed by atoms with E-state index in [0.717, 1.165) is 6.42 Å². The van der Waals surface area contributed by atoms with E-state index in [4.69, 9.17) is 5.11 Å². The summed E-state index contributed by atoms with van der Waals surface area (Å²) in [6, 6.07) is 13.5. The van der Waals surface area contributed by atoms with Crippen LogP contribution in [0.3, 0.4) is 0 Å². The maximum Gasteiger partial charge on any atom is 0.356 e. The molecule has 0 bridgehead atoms. The molecule has 0 unspecified atom stereocenters. The van der Waals surface area contributed by atoms with E-state index in [9.17, 15) is 4.79 Å².